The molecule has 1 amide bonds. The van der Waals surface area contributed by atoms with Crippen molar-refractivity contribution in [1.82, 2.24) is 25.1 Å². The third kappa shape index (κ3) is 4.06. The third-order valence-electron chi connectivity index (χ3n) is 3.61. The molecule has 0 N–H and O–H groups in total. The summed E-state index contributed by atoms with van der Waals surface area (Å²) in [4.78, 5) is 14.3. The molecular formula is C15H18ClN5O2S. The topological polar surface area (TPSA) is 73.1 Å². The number of carbonyl (C=O) groups is 1. The quantitative estimate of drug-likeness (QED) is 0.770. The van der Waals surface area contributed by atoms with Crippen LogP contribution in [0.1, 0.15) is 13.8 Å². The molecule has 0 aliphatic carbocycles. The van der Waals surface area contributed by atoms with Gasteiger partial charge in [-0.05, 0) is 48.5 Å². The second-order valence-electron chi connectivity index (χ2n) is 5.69. The van der Waals surface area contributed by atoms with Crippen molar-refractivity contribution in [2.45, 2.75) is 31.2 Å². The van der Waals surface area contributed by atoms with E-state index in [0.29, 0.717) is 23.3 Å². The molecule has 0 radical (unpaired) electrons. The van der Waals surface area contributed by atoms with Gasteiger partial charge in [0.05, 0.1) is 23.6 Å². The molecule has 1 fully saturated rings. The zero-order chi connectivity index (χ0) is 17.1. The van der Waals surface area contributed by atoms with Gasteiger partial charge in [-0.25, -0.2) is 0 Å². The van der Waals surface area contributed by atoms with Crippen molar-refractivity contribution in [3.8, 4) is 5.69 Å². The standard InChI is InChI=1S/C15H18ClN5O2S/c1-10-7-20(8-11(2)23-10)14(22)9-24-15-17-18-19-21(15)13-5-3-12(16)4-6-13/h3-6,10-11H,7-9H2,1-2H3/t10-,11-/m0/s1. The van der Waals surface area contributed by atoms with Gasteiger partial charge in [0.15, 0.2) is 0 Å². The van der Waals surface area contributed by atoms with Gasteiger partial charge in [0.2, 0.25) is 11.1 Å². The van der Waals surface area contributed by atoms with Gasteiger partial charge in [0, 0.05) is 18.1 Å². The Labute approximate surface area is 149 Å². The smallest absolute Gasteiger partial charge is 0.233 e. The molecule has 2 heterocycles. The zero-order valence-electron chi connectivity index (χ0n) is 13.4. The van der Waals surface area contributed by atoms with Gasteiger partial charge in [0.1, 0.15) is 0 Å². The fraction of sp³-hybridized carbons (Fsp3) is 0.467. The molecule has 128 valence electrons. The second-order valence-corrected chi connectivity index (χ2v) is 7.07. The first-order valence-electron chi connectivity index (χ1n) is 7.63. The first kappa shape index (κ1) is 17.2. The number of hydrogen-bond acceptors (Lipinski definition) is 6. The molecule has 1 saturated heterocycles. The monoisotopic (exact) mass is 367 g/mol. The largest absolute Gasteiger partial charge is 0.372 e. The summed E-state index contributed by atoms with van der Waals surface area (Å²) in [6, 6.07) is 7.20. The molecule has 1 aliphatic heterocycles. The number of amides is 1. The summed E-state index contributed by atoms with van der Waals surface area (Å²) in [6.45, 7) is 5.19. The van der Waals surface area contributed by atoms with Crippen LogP contribution in [-0.2, 0) is 9.53 Å². The minimum Gasteiger partial charge on any atom is -0.372 e. The van der Waals surface area contributed by atoms with Crippen LogP contribution in [-0.4, -0.2) is 62.1 Å². The van der Waals surface area contributed by atoms with E-state index >= 15 is 0 Å². The maximum absolute atomic E-state index is 12.4. The summed E-state index contributed by atoms with van der Waals surface area (Å²) in [6.07, 6.45) is 0.115. The number of nitrogens with zero attached hydrogens (tertiary/aromatic N) is 5. The molecule has 2 atom stereocenters. The number of rotatable bonds is 4. The summed E-state index contributed by atoms with van der Waals surface area (Å²) in [5, 5.41) is 12.9. The van der Waals surface area contributed by atoms with Crippen LogP contribution in [0.2, 0.25) is 5.02 Å². The maximum Gasteiger partial charge on any atom is 0.233 e. The van der Waals surface area contributed by atoms with E-state index in [4.69, 9.17) is 16.3 Å². The number of morpholine rings is 1. The van der Waals surface area contributed by atoms with E-state index in [0.717, 1.165) is 5.69 Å². The van der Waals surface area contributed by atoms with Gasteiger partial charge in [-0.1, -0.05) is 23.4 Å². The Bertz CT molecular complexity index is 698. The second kappa shape index (κ2) is 7.50. The molecular weight excluding hydrogens is 350 g/mol. The molecule has 3 rings (SSSR count). The molecule has 0 spiro atoms. The summed E-state index contributed by atoms with van der Waals surface area (Å²) >= 11 is 7.22. The fourth-order valence-electron chi connectivity index (χ4n) is 2.61. The average molecular weight is 368 g/mol. The van der Waals surface area contributed by atoms with Crippen LogP contribution in [0.15, 0.2) is 29.4 Å². The highest BCUT2D eigenvalue weighted by Crippen LogP contribution is 2.21. The van der Waals surface area contributed by atoms with Crippen LogP contribution in [0, 0.1) is 0 Å². The van der Waals surface area contributed by atoms with Crippen molar-refractivity contribution in [2.75, 3.05) is 18.8 Å². The summed E-state index contributed by atoms with van der Waals surface area (Å²) in [5.41, 5.74) is 0.799. The van der Waals surface area contributed by atoms with Crippen molar-refractivity contribution < 1.29 is 9.53 Å². The van der Waals surface area contributed by atoms with Crippen molar-refractivity contribution in [2.24, 2.45) is 0 Å². The molecule has 0 unspecified atom stereocenters. The number of tetrazole rings is 1. The number of ether oxygens (including phenoxy) is 1. The van der Waals surface area contributed by atoms with E-state index < -0.39 is 0 Å². The van der Waals surface area contributed by atoms with Gasteiger partial charge >= 0.3 is 0 Å². The highest BCUT2D eigenvalue weighted by molar-refractivity contribution is 7.99. The first-order chi connectivity index (χ1) is 11.5. The lowest BCUT2D eigenvalue weighted by Crippen LogP contribution is -2.48. The van der Waals surface area contributed by atoms with Crippen LogP contribution in [0.5, 0.6) is 0 Å². The SMILES string of the molecule is C[C@H]1CN(C(=O)CSc2nnnn2-c2ccc(Cl)cc2)C[C@H](C)O1. The Balaban J connectivity index is 1.64. The summed E-state index contributed by atoms with van der Waals surface area (Å²) < 4.78 is 7.25. The van der Waals surface area contributed by atoms with Crippen LogP contribution in [0.4, 0.5) is 0 Å². The number of hydrogen-bond donors (Lipinski definition) is 0. The molecule has 1 aromatic heterocycles. The fourth-order valence-corrected chi connectivity index (χ4v) is 3.53. The van der Waals surface area contributed by atoms with Gasteiger partial charge < -0.3 is 9.64 Å². The molecule has 24 heavy (non-hydrogen) atoms. The number of thioether (sulfide) groups is 1. The normalized spacial score (nSPS) is 21.0. The van der Waals surface area contributed by atoms with E-state index in [1.165, 1.54) is 11.8 Å². The summed E-state index contributed by atoms with van der Waals surface area (Å²) in [5.74, 6) is 0.348. The number of halogens is 1. The van der Waals surface area contributed by atoms with E-state index in [9.17, 15) is 4.79 Å². The zero-order valence-corrected chi connectivity index (χ0v) is 15.0. The minimum atomic E-state index is 0.0575. The van der Waals surface area contributed by atoms with Crippen LogP contribution >= 0.6 is 23.4 Å². The van der Waals surface area contributed by atoms with Crippen LogP contribution in [0.25, 0.3) is 5.69 Å². The molecule has 0 bridgehead atoms. The molecule has 0 saturated carbocycles. The van der Waals surface area contributed by atoms with Crippen LogP contribution in [0.3, 0.4) is 0 Å². The van der Waals surface area contributed by atoms with Crippen molar-refractivity contribution in [3.05, 3.63) is 29.3 Å². The minimum absolute atomic E-state index is 0.0575. The lowest BCUT2D eigenvalue weighted by atomic mass is 10.2. The van der Waals surface area contributed by atoms with Gasteiger partial charge in [-0.3, -0.25) is 4.79 Å². The van der Waals surface area contributed by atoms with E-state index in [1.807, 2.05) is 30.9 Å². The Kier molecular flexibility index (Phi) is 5.37. The lowest BCUT2D eigenvalue weighted by Gasteiger charge is -2.35. The number of aromatic nitrogens is 4. The highest BCUT2D eigenvalue weighted by Gasteiger charge is 2.26. The molecule has 1 aliphatic rings. The molecule has 2 aromatic rings. The predicted octanol–water partition coefficient (Wildman–Crippen LogP) is 2.04. The van der Waals surface area contributed by atoms with E-state index in [-0.39, 0.29) is 23.9 Å². The van der Waals surface area contributed by atoms with E-state index in [1.54, 1.807) is 16.8 Å². The Morgan fingerprint density at radius 3 is 2.62 bits per heavy atom. The van der Waals surface area contributed by atoms with Crippen LogP contribution < -0.4 is 0 Å². The Morgan fingerprint density at radius 1 is 1.29 bits per heavy atom. The van der Waals surface area contributed by atoms with Crippen molar-refractivity contribution >= 4 is 29.3 Å². The lowest BCUT2D eigenvalue weighted by molar-refractivity contribution is -0.140. The van der Waals surface area contributed by atoms with Gasteiger partial charge in [-0.2, -0.15) is 4.68 Å². The van der Waals surface area contributed by atoms with Crippen molar-refractivity contribution in [3.63, 3.8) is 0 Å². The first-order valence-corrected chi connectivity index (χ1v) is 8.99. The molecule has 1 aromatic carbocycles. The Morgan fingerprint density at radius 2 is 1.96 bits per heavy atom. The highest BCUT2D eigenvalue weighted by atomic mass is 35.5. The molecule has 7 nitrogen and oxygen atoms in total. The van der Waals surface area contributed by atoms with Crippen molar-refractivity contribution in [1.29, 1.82) is 0 Å². The Hall–Kier alpha value is -1.64. The predicted molar refractivity (Wildman–Crippen MR) is 91.5 cm³/mol. The van der Waals surface area contributed by atoms with E-state index in [2.05, 4.69) is 15.5 Å². The van der Waals surface area contributed by atoms with Gasteiger partial charge in [-0.15, -0.1) is 5.10 Å². The average Bonchev–Trinajstić information content (AvgIpc) is 3.01. The van der Waals surface area contributed by atoms with Gasteiger partial charge in [0.25, 0.3) is 0 Å². The summed E-state index contributed by atoms with van der Waals surface area (Å²) in [7, 11) is 0. The number of benzene rings is 1. The number of carbonyl (C=O) groups excluding carboxylic acids is 1. The third-order valence-corrected chi connectivity index (χ3v) is 4.77. The molecule has 9 heteroatoms. The maximum atomic E-state index is 12.4.